The molecule has 0 radical (unpaired) electrons. The summed E-state index contributed by atoms with van der Waals surface area (Å²) in [4.78, 5) is 0. The summed E-state index contributed by atoms with van der Waals surface area (Å²) in [5.41, 5.74) is 0.575. The smallest absolute Gasteiger partial charge is 0.490 e. The fourth-order valence-corrected chi connectivity index (χ4v) is 1.23. The molecule has 0 amide bonds. The van der Waals surface area contributed by atoms with Gasteiger partial charge in [0, 0.05) is 0 Å². The Kier molecular flexibility index (Phi) is 4.21. The van der Waals surface area contributed by atoms with E-state index in [0.29, 0.717) is 5.56 Å². The third kappa shape index (κ3) is 4.23. The van der Waals surface area contributed by atoms with Crippen molar-refractivity contribution in [1.29, 1.82) is 5.26 Å². The van der Waals surface area contributed by atoms with Crippen LogP contribution >= 0.6 is 0 Å². The molecule has 0 bridgehead atoms. The molecule has 0 aromatic heterocycles. The molecular formula is C11H10F3NO2. The first kappa shape index (κ1) is 13.2. The van der Waals surface area contributed by atoms with E-state index in [0.717, 1.165) is 6.07 Å². The third-order valence-electron chi connectivity index (χ3n) is 1.82. The number of nitriles is 1. The van der Waals surface area contributed by atoms with Crippen molar-refractivity contribution in [3.63, 3.8) is 0 Å². The van der Waals surface area contributed by atoms with Crippen molar-refractivity contribution >= 4 is 0 Å². The largest absolute Gasteiger partial charge is 0.573 e. The van der Waals surface area contributed by atoms with Gasteiger partial charge in [0.2, 0.25) is 0 Å². The van der Waals surface area contributed by atoms with E-state index < -0.39 is 12.1 Å². The van der Waals surface area contributed by atoms with Gasteiger partial charge in [-0.2, -0.15) is 5.26 Å². The molecule has 0 atom stereocenters. The maximum atomic E-state index is 12.1. The Balaban J connectivity index is 3.00. The van der Waals surface area contributed by atoms with Crippen LogP contribution in [-0.4, -0.2) is 13.0 Å². The maximum Gasteiger partial charge on any atom is 0.573 e. The summed E-state index contributed by atoms with van der Waals surface area (Å²) in [5, 5.41) is 8.49. The number of ether oxygens (including phenoxy) is 2. The lowest BCUT2D eigenvalue weighted by atomic mass is 10.1. The molecule has 0 saturated carbocycles. The highest BCUT2D eigenvalue weighted by Crippen LogP contribution is 2.33. The molecule has 0 unspecified atom stereocenters. The number of rotatable bonds is 4. The van der Waals surface area contributed by atoms with Gasteiger partial charge in [-0.25, -0.2) is 0 Å². The van der Waals surface area contributed by atoms with Crippen molar-refractivity contribution in [3.8, 4) is 17.6 Å². The minimum Gasteiger partial charge on any atom is -0.490 e. The van der Waals surface area contributed by atoms with Crippen LogP contribution in [0.25, 0.3) is 0 Å². The molecule has 1 aromatic rings. The van der Waals surface area contributed by atoms with Crippen LogP contribution in [0.15, 0.2) is 18.2 Å². The molecule has 0 aliphatic carbocycles. The Hall–Kier alpha value is -1.90. The van der Waals surface area contributed by atoms with Crippen molar-refractivity contribution in [1.82, 2.24) is 0 Å². The van der Waals surface area contributed by atoms with Crippen molar-refractivity contribution in [3.05, 3.63) is 23.8 Å². The third-order valence-corrected chi connectivity index (χ3v) is 1.82. The first-order chi connectivity index (χ1) is 7.96. The first-order valence-electron chi connectivity index (χ1n) is 4.84. The van der Waals surface area contributed by atoms with Crippen molar-refractivity contribution in [2.45, 2.75) is 19.7 Å². The highest BCUT2D eigenvalue weighted by atomic mass is 19.4. The Morgan fingerprint density at radius 2 is 2.00 bits per heavy atom. The molecule has 92 valence electrons. The summed E-state index contributed by atoms with van der Waals surface area (Å²) in [6, 6.07) is 5.81. The average Bonchev–Trinajstić information content (AvgIpc) is 2.21. The molecule has 1 rings (SSSR count). The van der Waals surface area contributed by atoms with Gasteiger partial charge >= 0.3 is 6.36 Å². The summed E-state index contributed by atoms with van der Waals surface area (Å²) >= 11 is 0. The minimum absolute atomic E-state index is 0.0161. The number of halogens is 3. The second kappa shape index (κ2) is 5.43. The molecule has 3 nitrogen and oxygen atoms in total. The van der Waals surface area contributed by atoms with Gasteiger partial charge in [0.05, 0.1) is 19.1 Å². The number of benzene rings is 1. The number of alkyl halides is 3. The summed E-state index contributed by atoms with van der Waals surface area (Å²) in [7, 11) is 0. The zero-order chi connectivity index (χ0) is 12.9. The van der Waals surface area contributed by atoms with Crippen LogP contribution in [-0.2, 0) is 6.42 Å². The van der Waals surface area contributed by atoms with Gasteiger partial charge in [-0.05, 0) is 24.6 Å². The fraction of sp³-hybridized carbons (Fsp3) is 0.364. The van der Waals surface area contributed by atoms with Gasteiger partial charge < -0.3 is 9.47 Å². The second-order valence-electron chi connectivity index (χ2n) is 3.10. The summed E-state index contributed by atoms with van der Waals surface area (Å²) in [5.74, 6) is -0.418. The van der Waals surface area contributed by atoms with Crippen molar-refractivity contribution in [2.75, 3.05) is 6.61 Å². The molecule has 0 fully saturated rings. The van der Waals surface area contributed by atoms with Crippen LogP contribution in [0.4, 0.5) is 13.2 Å². The topological polar surface area (TPSA) is 42.2 Å². The van der Waals surface area contributed by atoms with Crippen LogP contribution in [0.3, 0.4) is 0 Å². The molecule has 17 heavy (non-hydrogen) atoms. The standard InChI is InChI=1S/C11H10F3NO2/c1-2-16-10-7-8(5-6-15)3-4-9(10)17-11(12,13)14/h3-4,7H,2,5H2,1H3. The van der Waals surface area contributed by atoms with Crippen LogP contribution in [0, 0.1) is 11.3 Å². The number of hydrogen-bond acceptors (Lipinski definition) is 3. The van der Waals surface area contributed by atoms with Gasteiger partial charge in [0.15, 0.2) is 11.5 Å². The van der Waals surface area contributed by atoms with Gasteiger partial charge in [-0.3, -0.25) is 0 Å². The minimum atomic E-state index is -4.76. The number of nitrogens with zero attached hydrogens (tertiary/aromatic N) is 1. The zero-order valence-electron chi connectivity index (χ0n) is 9.04. The molecule has 0 heterocycles. The van der Waals surface area contributed by atoms with Crippen LogP contribution in [0.1, 0.15) is 12.5 Å². The predicted octanol–water partition coefficient (Wildman–Crippen LogP) is 3.05. The number of hydrogen-bond donors (Lipinski definition) is 0. The lowest BCUT2D eigenvalue weighted by Gasteiger charge is -2.14. The van der Waals surface area contributed by atoms with Gasteiger partial charge in [-0.15, -0.1) is 13.2 Å². The molecule has 0 saturated heterocycles. The van der Waals surface area contributed by atoms with E-state index in [1.54, 1.807) is 6.92 Å². The summed E-state index contributed by atoms with van der Waals surface area (Å²) in [6.07, 6.45) is -4.66. The molecule has 0 aliphatic heterocycles. The normalized spacial score (nSPS) is 10.8. The molecule has 0 N–H and O–H groups in total. The quantitative estimate of drug-likeness (QED) is 0.818. The predicted molar refractivity (Wildman–Crippen MR) is 53.6 cm³/mol. The zero-order valence-corrected chi connectivity index (χ0v) is 9.04. The summed E-state index contributed by atoms with van der Waals surface area (Å²) in [6.45, 7) is 1.86. The van der Waals surface area contributed by atoms with Gasteiger partial charge in [0.25, 0.3) is 0 Å². The van der Waals surface area contributed by atoms with E-state index in [2.05, 4.69) is 4.74 Å². The Labute approximate surface area is 96.4 Å². The Bertz CT molecular complexity index is 424. The lowest BCUT2D eigenvalue weighted by Crippen LogP contribution is -2.17. The Morgan fingerprint density at radius 1 is 1.29 bits per heavy atom. The van der Waals surface area contributed by atoms with E-state index >= 15 is 0 Å². The van der Waals surface area contributed by atoms with E-state index in [1.807, 2.05) is 6.07 Å². The van der Waals surface area contributed by atoms with Crippen molar-refractivity contribution < 1.29 is 22.6 Å². The average molecular weight is 245 g/mol. The maximum absolute atomic E-state index is 12.1. The second-order valence-corrected chi connectivity index (χ2v) is 3.10. The first-order valence-corrected chi connectivity index (χ1v) is 4.84. The van der Waals surface area contributed by atoms with Crippen LogP contribution in [0.5, 0.6) is 11.5 Å². The molecule has 1 aromatic carbocycles. The molecule has 6 heteroatoms. The van der Waals surface area contributed by atoms with E-state index in [4.69, 9.17) is 10.00 Å². The van der Waals surface area contributed by atoms with Gasteiger partial charge in [-0.1, -0.05) is 6.07 Å². The fourth-order valence-electron chi connectivity index (χ4n) is 1.23. The monoisotopic (exact) mass is 245 g/mol. The van der Waals surface area contributed by atoms with E-state index in [1.165, 1.54) is 12.1 Å². The Morgan fingerprint density at radius 3 is 2.53 bits per heavy atom. The highest BCUT2D eigenvalue weighted by Gasteiger charge is 2.32. The molecular weight excluding hydrogens is 235 g/mol. The highest BCUT2D eigenvalue weighted by molar-refractivity contribution is 5.43. The van der Waals surface area contributed by atoms with Crippen LogP contribution in [0.2, 0.25) is 0 Å². The van der Waals surface area contributed by atoms with Crippen LogP contribution < -0.4 is 9.47 Å². The lowest BCUT2D eigenvalue weighted by molar-refractivity contribution is -0.275. The molecule has 0 spiro atoms. The van der Waals surface area contributed by atoms with E-state index in [9.17, 15) is 13.2 Å². The molecule has 0 aliphatic rings. The summed E-state index contributed by atoms with van der Waals surface area (Å²) < 4.78 is 45.1. The van der Waals surface area contributed by atoms with Gasteiger partial charge in [0.1, 0.15) is 0 Å². The van der Waals surface area contributed by atoms with E-state index in [-0.39, 0.29) is 18.8 Å². The van der Waals surface area contributed by atoms with Crippen molar-refractivity contribution in [2.24, 2.45) is 0 Å². The SMILES string of the molecule is CCOc1cc(CC#N)ccc1OC(F)(F)F.